The second-order valence-electron chi connectivity index (χ2n) is 5.53. The highest BCUT2D eigenvalue weighted by atomic mass is 32.2. The lowest BCUT2D eigenvalue weighted by Gasteiger charge is -2.31. The summed E-state index contributed by atoms with van der Waals surface area (Å²) >= 11 is 0. The van der Waals surface area contributed by atoms with E-state index in [1.165, 1.54) is 0 Å². The van der Waals surface area contributed by atoms with Crippen molar-refractivity contribution in [1.82, 2.24) is 14.5 Å². The number of hydrogen-bond donors (Lipinski definition) is 1. The van der Waals surface area contributed by atoms with Crippen LogP contribution in [0.1, 0.15) is 44.3 Å². The molecule has 6 nitrogen and oxygen atoms in total. The Morgan fingerprint density at radius 2 is 2.25 bits per heavy atom. The van der Waals surface area contributed by atoms with Crippen LogP contribution in [0.3, 0.4) is 0 Å². The van der Waals surface area contributed by atoms with Gasteiger partial charge in [0.15, 0.2) is 0 Å². The lowest BCUT2D eigenvalue weighted by molar-refractivity contribution is -0.00448. The van der Waals surface area contributed by atoms with Crippen molar-refractivity contribution >= 4 is 10.0 Å². The lowest BCUT2D eigenvalue weighted by Crippen LogP contribution is -2.43. The van der Waals surface area contributed by atoms with Crippen molar-refractivity contribution in [3.63, 3.8) is 0 Å². The number of sulfonamides is 1. The van der Waals surface area contributed by atoms with Crippen LogP contribution in [0.25, 0.3) is 0 Å². The maximum Gasteiger partial charge on any atom is 0.214 e. The molecule has 3 rings (SSSR count). The predicted molar refractivity (Wildman–Crippen MR) is 74.7 cm³/mol. The van der Waals surface area contributed by atoms with E-state index in [0.717, 1.165) is 37.8 Å². The molecule has 1 aromatic rings. The quantitative estimate of drug-likeness (QED) is 0.887. The van der Waals surface area contributed by atoms with Crippen molar-refractivity contribution in [3.8, 4) is 0 Å². The summed E-state index contributed by atoms with van der Waals surface area (Å²) in [5, 5.41) is 4.06. The van der Waals surface area contributed by atoms with Gasteiger partial charge >= 0.3 is 0 Å². The van der Waals surface area contributed by atoms with Gasteiger partial charge in [0.2, 0.25) is 10.0 Å². The fourth-order valence-corrected chi connectivity index (χ4v) is 4.23. The Bertz CT molecular complexity index is 565. The van der Waals surface area contributed by atoms with Crippen molar-refractivity contribution < 1.29 is 13.2 Å². The molecule has 1 N–H and O–H groups in total. The predicted octanol–water partition coefficient (Wildman–Crippen LogP) is 1.20. The molecule has 0 aromatic carbocycles. The van der Waals surface area contributed by atoms with Gasteiger partial charge < -0.3 is 4.74 Å². The Balaban J connectivity index is 1.76. The van der Waals surface area contributed by atoms with Crippen LogP contribution in [0.4, 0.5) is 0 Å². The Morgan fingerprint density at radius 1 is 1.45 bits per heavy atom. The zero-order valence-electron chi connectivity index (χ0n) is 11.7. The van der Waals surface area contributed by atoms with E-state index < -0.39 is 10.0 Å². The molecule has 0 unspecified atom stereocenters. The first-order valence-corrected chi connectivity index (χ1v) is 8.80. The second-order valence-corrected chi connectivity index (χ2v) is 7.52. The zero-order chi connectivity index (χ0) is 14.2. The van der Waals surface area contributed by atoms with E-state index in [1.54, 1.807) is 6.20 Å². The maximum atomic E-state index is 12.1. The number of aromatic nitrogens is 2. The van der Waals surface area contributed by atoms with Crippen LogP contribution in [0.15, 0.2) is 12.4 Å². The van der Waals surface area contributed by atoms with Crippen molar-refractivity contribution in [2.24, 2.45) is 0 Å². The molecule has 0 spiro atoms. The standard InChI is InChI=1S/C13H21N3O3S/c1-2-16-9-10(8-14-16)13-12(4-3-7-19-13)15-20(17,18)11-5-6-11/h8-9,11-13,15H,2-7H2,1H3/t12-,13+/m1/s1. The van der Waals surface area contributed by atoms with E-state index in [2.05, 4.69) is 9.82 Å². The van der Waals surface area contributed by atoms with Crippen LogP contribution in [-0.2, 0) is 21.3 Å². The molecule has 1 aromatic heterocycles. The average molecular weight is 299 g/mol. The third-order valence-corrected chi connectivity index (χ3v) is 5.89. The SMILES string of the molecule is CCn1cc([C@@H]2OCCC[C@H]2NS(=O)(=O)C2CC2)cn1. The first-order valence-electron chi connectivity index (χ1n) is 7.25. The number of aryl methyl sites for hydroxylation is 1. The highest BCUT2D eigenvalue weighted by molar-refractivity contribution is 7.90. The van der Waals surface area contributed by atoms with E-state index in [0.29, 0.717) is 6.61 Å². The Hall–Kier alpha value is -0.920. The molecule has 2 atom stereocenters. The molecular weight excluding hydrogens is 278 g/mol. The minimum Gasteiger partial charge on any atom is -0.372 e. The summed E-state index contributed by atoms with van der Waals surface area (Å²) in [7, 11) is -3.18. The molecule has 20 heavy (non-hydrogen) atoms. The molecule has 0 amide bonds. The minimum atomic E-state index is -3.18. The van der Waals surface area contributed by atoms with E-state index in [4.69, 9.17) is 4.74 Å². The summed E-state index contributed by atoms with van der Waals surface area (Å²) in [6.07, 6.45) is 6.75. The monoisotopic (exact) mass is 299 g/mol. The summed E-state index contributed by atoms with van der Waals surface area (Å²) in [5.74, 6) is 0. The first kappa shape index (κ1) is 14.0. The molecule has 2 heterocycles. The van der Waals surface area contributed by atoms with Crippen LogP contribution in [0, 0.1) is 0 Å². The summed E-state index contributed by atoms with van der Waals surface area (Å²) in [6, 6.07) is -0.177. The van der Waals surface area contributed by atoms with Crippen LogP contribution in [-0.4, -0.2) is 36.1 Å². The van der Waals surface area contributed by atoms with Crippen LogP contribution in [0.5, 0.6) is 0 Å². The lowest BCUT2D eigenvalue weighted by atomic mass is 9.99. The Labute approximate surface area is 119 Å². The van der Waals surface area contributed by atoms with Gasteiger partial charge in [-0.05, 0) is 32.6 Å². The first-order chi connectivity index (χ1) is 9.60. The molecule has 2 fully saturated rings. The highest BCUT2D eigenvalue weighted by Crippen LogP contribution is 2.32. The van der Waals surface area contributed by atoms with E-state index in [9.17, 15) is 8.42 Å². The van der Waals surface area contributed by atoms with Gasteiger partial charge in [-0.2, -0.15) is 5.10 Å². The second kappa shape index (κ2) is 5.46. The van der Waals surface area contributed by atoms with Gasteiger partial charge in [-0.3, -0.25) is 4.68 Å². The van der Waals surface area contributed by atoms with Crippen LogP contribution >= 0.6 is 0 Å². The molecule has 7 heteroatoms. The summed E-state index contributed by atoms with van der Waals surface area (Å²) in [5.41, 5.74) is 0.954. The smallest absolute Gasteiger partial charge is 0.214 e. The number of nitrogens with zero attached hydrogens (tertiary/aromatic N) is 2. The maximum absolute atomic E-state index is 12.1. The molecule has 112 valence electrons. The third kappa shape index (κ3) is 2.89. The van der Waals surface area contributed by atoms with Gasteiger partial charge in [0.25, 0.3) is 0 Å². The van der Waals surface area contributed by atoms with Gasteiger partial charge in [-0.25, -0.2) is 13.1 Å². The molecule has 1 saturated heterocycles. The van der Waals surface area contributed by atoms with E-state index in [-0.39, 0.29) is 17.4 Å². The number of rotatable bonds is 5. The molecule has 1 aliphatic carbocycles. The van der Waals surface area contributed by atoms with E-state index in [1.807, 2.05) is 17.8 Å². The van der Waals surface area contributed by atoms with E-state index >= 15 is 0 Å². The molecule has 1 saturated carbocycles. The molecule has 1 aliphatic heterocycles. The molecular formula is C13H21N3O3S. The van der Waals surface area contributed by atoms with Crippen molar-refractivity contribution in [2.45, 2.75) is 56.5 Å². The Morgan fingerprint density at radius 3 is 2.90 bits per heavy atom. The zero-order valence-corrected chi connectivity index (χ0v) is 12.5. The molecule has 2 aliphatic rings. The largest absolute Gasteiger partial charge is 0.372 e. The Kier molecular flexibility index (Phi) is 3.83. The normalized spacial score (nSPS) is 27.6. The molecule has 0 radical (unpaired) electrons. The van der Waals surface area contributed by atoms with Crippen molar-refractivity contribution in [3.05, 3.63) is 18.0 Å². The van der Waals surface area contributed by atoms with Gasteiger partial charge in [-0.15, -0.1) is 0 Å². The van der Waals surface area contributed by atoms with Crippen LogP contribution < -0.4 is 4.72 Å². The molecule has 0 bridgehead atoms. The van der Waals surface area contributed by atoms with Gasteiger partial charge in [0, 0.05) is 24.9 Å². The summed E-state index contributed by atoms with van der Waals surface area (Å²) in [4.78, 5) is 0. The van der Waals surface area contributed by atoms with Gasteiger partial charge in [0.1, 0.15) is 6.10 Å². The number of ether oxygens (including phenoxy) is 1. The topological polar surface area (TPSA) is 73.2 Å². The third-order valence-electron chi connectivity index (χ3n) is 3.91. The number of hydrogen-bond acceptors (Lipinski definition) is 4. The van der Waals surface area contributed by atoms with Crippen molar-refractivity contribution in [2.75, 3.05) is 6.61 Å². The average Bonchev–Trinajstić information content (AvgIpc) is 3.19. The fourth-order valence-electron chi connectivity index (χ4n) is 2.62. The minimum absolute atomic E-state index is 0.177. The number of nitrogens with one attached hydrogen (secondary N) is 1. The van der Waals surface area contributed by atoms with Crippen molar-refractivity contribution in [1.29, 1.82) is 0 Å². The van der Waals surface area contributed by atoms with Gasteiger partial charge in [0.05, 0.1) is 17.5 Å². The summed E-state index contributed by atoms with van der Waals surface area (Å²) in [6.45, 7) is 3.49. The fraction of sp³-hybridized carbons (Fsp3) is 0.769. The van der Waals surface area contributed by atoms with Gasteiger partial charge in [-0.1, -0.05) is 0 Å². The highest BCUT2D eigenvalue weighted by Gasteiger charge is 2.39. The van der Waals surface area contributed by atoms with Crippen LogP contribution in [0.2, 0.25) is 0 Å². The summed E-state index contributed by atoms with van der Waals surface area (Å²) < 4.78 is 34.7.